The number of unbranched alkanes of at least 4 members (excludes halogenated alkanes) is 3. The Balaban J connectivity index is 1.06. The number of carbonyl (C=O) groups excluding carboxylic acids is 1. The highest BCUT2D eigenvalue weighted by molar-refractivity contribution is 5.72. The lowest BCUT2D eigenvalue weighted by Gasteiger charge is -2.63. The summed E-state index contributed by atoms with van der Waals surface area (Å²) >= 11 is 0. The Morgan fingerprint density at radius 2 is 1.66 bits per heavy atom. The molecule has 0 bridgehead atoms. The first-order valence-electron chi connectivity index (χ1n) is 24.2. The van der Waals surface area contributed by atoms with Gasteiger partial charge in [-0.05, 0) is 161 Å². The molecule has 0 heterocycles. The van der Waals surface area contributed by atoms with E-state index in [9.17, 15) is 30.3 Å². The SMILES string of the molecule is CCCCCC[C@](C)(O)[C@H]1CCC2C3C[C@H](OC(O)C[C@@H](O)C[C@H](O)CC[C@@H]4[C@@H]5C(=CCC[C@@H]5OC(=O)[C@@H](C)CC)C=C[C@@H]4C)[C@H]4C[C@@H](O)CC[C@]4(C)C3CC[C@@]21C. The molecule has 0 spiro atoms. The van der Waals surface area contributed by atoms with Crippen molar-refractivity contribution in [3.05, 3.63) is 23.8 Å². The van der Waals surface area contributed by atoms with Crippen LogP contribution in [0.25, 0.3) is 0 Å². The zero-order chi connectivity index (χ0) is 42.0. The Morgan fingerprint density at radius 3 is 2.40 bits per heavy atom. The maximum absolute atomic E-state index is 12.8. The van der Waals surface area contributed by atoms with E-state index in [-0.39, 0.29) is 83.5 Å². The molecule has 0 aromatic rings. The van der Waals surface area contributed by atoms with Crippen molar-refractivity contribution < 1.29 is 39.8 Å². The molecule has 4 fully saturated rings. The minimum absolute atomic E-state index is 0.00778. The van der Waals surface area contributed by atoms with Crippen molar-refractivity contribution in [1.29, 1.82) is 0 Å². The molecule has 58 heavy (non-hydrogen) atoms. The quantitative estimate of drug-likeness (QED) is 0.0525. The summed E-state index contributed by atoms with van der Waals surface area (Å²) in [4.78, 5) is 12.8. The molecule has 6 aliphatic rings. The molecule has 18 atom stereocenters. The predicted octanol–water partition coefficient (Wildman–Crippen LogP) is 9.44. The molecule has 0 saturated heterocycles. The Bertz CT molecular complexity index is 1410. The van der Waals surface area contributed by atoms with Gasteiger partial charge in [-0.25, -0.2) is 0 Å². The number of allylic oxidation sites excluding steroid dienone is 3. The second kappa shape index (κ2) is 19.4. The summed E-state index contributed by atoms with van der Waals surface area (Å²) in [5.41, 5.74) is 0.645. The zero-order valence-electron chi connectivity index (χ0n) is 37.5. The van der Waals surface area contributed by atoms with Crippen LogP contribution < -0.4 is 0 Å². The second-order valence-corrected chi connectivity index (χ2v) is 21.5. The van der Waals surface area contributed by atoms with Crippen LogP contribution in [0, 0.1) is 64.1 Å². The molecule has 8 heteroatoms. The Hall–Kier alpha value is -1.29. The molecule has 5 N–H and O–H groups in total. The third-order valence-electron chi connectivity index (χ3n) is 17.7. The lowest BCUT2D eigenvalue weighted by Crippen LogP contribution is -2.60. The van der Waals surface area contributed by atoms with E-state index < -0.39 is 24.1 Å². The van der Waals surface area contributed by atoms with E-state index in [4.69, 9.17) is 9.47 Å². The summed E-state index contributed by atoms with van der Waals surface area (Å²) in [5.74, 6) is 2.24. The number of aliphatic hydroxyl groups is 5. The van der Waals surface area contributed by atoms with E-state index in [1.54, 1.807) is 0 Å². The number of aliphatic hydroxyl groups excluding tert-OH is 4. The number of hydrogen-bond acceptors (Lipinski definition) is 8. The molecule has 0 aromatic carbocycles. The first kappa shape index (κ1) is 46.2. The predicted molar refractivity (Wildman–Crippen MR) is 229 cm³/mol. The summed E-state index contributed by atoms with van der Waals surface area (Å²) in [5, 5.41) is 56.9. The number of ether oxygens (including phenoxy) is 2. The Kier molecular flexibility index (Phi) is 15.5. The highest BCUT2D eigenvalue weighted by Crippen LogP contribution is 2.69. The lowest BCUT2D eigenvalue weighted by atomic mass is 9.43. The van der Waals surface area contributed by atoms with E-state index in [1.165, 1.54) is 24.8 Å². The second-order valence-electron chi connectivity index (χ2n) is 21.5. The molecule has 332 valence electrons. The van der Waals surface area contributed by atoms with Crippen LogP contribution in [-0.4, -0.2) is 73.9 Å². The summed E-state index contributed by atoms with van der Waals surface area (Å²) in [6, 6.07) is 0. The zero-order valence-corrected chi connectivity index (χ0v) is 37.5. The minimum Gasteiger partial charge on any atom is -0.461 e. The van der Waals surface area contributed by atoms with Crippen LogP contribution in [0.15, 0.2) is 23.8 Å². The van der Waals surface area contributed by atoms with Gasteiger partial charge in [0.2, 0.25) is 0 Å². The molecular weight excluding hydrogens is 729 g/mol. The fraction of sp³-hybridized carbons (Fsp3) is 0.900. The van der Waals surface area contributed by atoms with Gasteiger partial charge in [-0.2, -0.15) is 0 Å². The highest BCUT2D eigenvalue weighted by atomic mass is 16.6. The van der Waals surface area contributed by atoms with Crippen LogP contribution in [0.4, 0.5) is 0 Å². The molecule has 0 radical (unpaired) electrons. The van der Waals surface area contributed by atoms with Crippen LogP contribution in [0.2, 0.25) is 0 Å². The molecule has 0 aliphatic heterocycles. The van der Waals surface area contributed by atoms with Gasteiger partial charge in [-0.1, -0.05) is 85.5 Å². The summed E-state index contributed by atoms with van der Waals surface area (Å²) < 4.78 is 12.7. The smallest absolute Gasteiger partial charge is 0.308 e. The number of esters is 1. The van der Waals surface area contributed by atoms with Crippen LogP contribution >= 0.6 is 0 Å². The molecule has 6 aliphatic carbocycles. The topological polar surface area (TPSA) is 137 Å². The van der Waals surface area contributed by atoms with Crippen LogP contribution in [0.5, 0.6) is 0 Å². The molecule has 0 aromatic heterocycles. The molecule has 4 unspecified atom stereocenters. The number of hydrogen-bond donors (Lipinski definition) is 5. The average Bonchev–Trinajstić information content (AvgIpc) is 3.55. The highest BCUT2D eigenvalue weighted by Gasteiger charge is 2.64. The van der Waals surface area contributed by atoms with Crippen molar-refractivity contribution in [2.75, 3.05) is 0 Å². The number of carbonyl (C=O) groups is 1. The van der Waals surface area contributed by atoms with Gasteiger partial charge in [0, 0.05) is 12.3 Å². The van der Waals surface area contributed by atoms with Crippen molar-refractivity contribution >= 4 is 5.97 Å². The standard InChI is InChI=1S/C50H84O8/c1-8-10-11-12-24-50(7,56)44-21-20-39-38-30-43(41-28-35(52)22-25-48(41,5)40(38)23-26-49(39,44)6)57-45(54)29-36(53)27-34(51)18-19-37-32(4)16-17-33-14-13-15-42(46(33)37)58-47(55)31(3)9-2/h14,16-17,31-32,34-46,51-54,56H,8-13,15,18-30H2,1-7H3/t31-,32-,34+,35-,36-,37-,38?,39?,40?,41+,42-,43-,44-,45?,46-,48+,49-,50-/m0/s1. The molecule has 8 nitrogen and oxygen atoms in total. The first-order chi connectivity index (χ1) is 27.5. The average molecular weight is 813 g/mol. The lowest BCUT2D eigenvalue weighted by molar-refractivity contribution is -0.236. The third-order valence-corrected chi connectivity index (χ3v) is 17.7. The van der Waals surface area contributed by atoms with Crippen LogP contribution in [0.1, 0.15) is 177 Å². The Labute approximate surface area is 352 Å². The normalized spacial score (nSPS) is 41.4. The van der Waals surface area contributed by atoms with Gasteiger partial charge in [-0.3, -0.25) is 4.79 Å². The third kappa shape index (κ3) is 9.83. The summed E-state index contributed by atoms with van der Waals surface area (Å²) in [6.45, 7) is 15.4. The van der Waals surface area contributed by atoms with Gasteiger partial charge in [-0.15, -0.1) is 0 Å². The maximum Gasteiger partial charge on any atom is 0.308 e. The Morgan fingerprint density at radius 1 is 0.914 bits per heavy atom. The summed E-state index contributed by atoms with van der Waals surface area (Å²) in [6.07, 6.45) is 20.4. The molecule has 0 amide bonds. The molecule has 4 saturated carbocycles. The van der Waals surface area contributed by atoms with Gasteiger partial charge in [0.05, 0.1) is 35.9 Å². The van der Waals surface area contributed by atoms with Gasteiger partial charge < -0.3 is 35.0 Å². The minimum atomic E-state index is -1.17. The van der Waals surface area contributed by atoms with Gasteiger partial charge >= 0.3 is 5.97 Å². The largest absolute Gasteiger partial charge is 0.461 e. The fourth-order valence-corrected chi connectivity index (χ4v) is 14.3. The van der Waals surface area contributed by atoms with Crippen molar-refractivity contribution in [1.82, 2.24) is 0 Å². The van der Waals surface area contributed by atoms with E-state index in [0.717, 1.165) is 83.5 Å². The number of rotatable bonds is 18. The van der Waals surface area contributed by atoms with Crippen molar-refractivity contribution in [2.24, 2.45) is 64.1 Å². The van der Waals surface area contributed by atoms with Crippen molar-refractivity contribution in [3.8, 4) is 0 Å². The monoisotopic (exact) mass is 813 g/mol. The van der Waals surface area contributed by atoms with Crippen molar-refractivity contribution in [2.45, 2.75) is 219 Å². The maximum atomic E-state index is 12.8. The number of fused-ring (bicyclic) bond motifs is 6. The van der Waals surface area contributed by atoms with E-state index >= 15 is 0 Å². The van der Waals surface area contributed by atoms with Crippen LogP contribution in [-0.2, 0) is 14.3 Å². The fourth-order valence-electron chi connectivity index (χ4n) is 14.3. The van der Waals surface area contributed by atoms with Gasteiger partial charge in [0.15, 0.2) is 6.29 Å². The van der Waals surface area contributed by atoms with E-state index in [2.05, 4.69) is 52.8 Å². The van der Waals surface area contributed by atoms with E-state index in [1.807, 2.05) is 13.8 Å². The molecule has 6 rings (SSSR count). The summed E-state index contributed by atoms with van der Waals surface area (Å²) in [7, 11) is 0. The van der Waals surface area contributed by atoms with E-state index in [0.29, 0.717) is 30.6 Å². The first-order valence-corrected chi connectivity index (χ1v) is 24.2. The van der Waals surface area contributed by atoms with Gasteiger partial charge in [0.25, 0.3) is 0 Å². The van der Waals surface area contributed by atoms with Crippen molar-refractivity contribution in [3.63, 3.8) is 0 Å². The van der Waals surface area contributed by atoms with Gasteiger partial charge in [0.1, 0.15) is 6.10 Å². The van der Waals surface area contributed by atoms with Crippen LogP contribution in [0.3, 0.4) is 0 Å². The molecular formula is C50H84O8.